The van der Waals surface area contributed by atoms with Crippen LogP contribution in [0.4, 0.5) is 0 Å². The third-order valence-electron chi connectivity index (χ3n) is 3.37. The van der Waals surface area contributed by atoms with E-state index in [0.29, 0.717) is 23.7 Å². The zero-order valence-electron chi connectivity index (χ0n) is 13.0. The van der Waals surface area contributed by atoms with E-state index in [1.807, 2.05) is 42.5 Å². The first-order chi connectivity index (χ1) is 11.7. The zero-order valence-corrected chi connectivity index (χ0v) is 13.0. The van der Waals surface area contributed by atoms with Crippen LogP contribution >= 0.6 is 0 Å². The molecule has 0 spiro atoms. The van der Waals surface area contributed by atoms with Gasteiger partial charge < -0.3 is 15.2 Å². The van der Waals surface area contributed by atoms with Crippen LogP contribution in [0.5, 0.6) is 17.2 Å². The fourth-order valence-corrected chi connectivity index (χ4v) is 2.16. The molecule has 0 saturated carbocycles. The average molecular weight is 319 g/mol. The lowest BCUT2D eigenvalue weighted by Crippen LogP contribution is -2.12. The van der Waals surface area contributed by atoms with E-state index in [9.17, 15) is 0 Å². The van der Waals surface area contributed by atoms with E-state index in [1.54, 1.807) is 24.4 Å². The van der Waals surface area contributed by atoms with Gasteiger partial charge in [0.25, 0.3) is 0 Å². The number of hydrogen-bond acceptors (Lipinski definition) is 4. The minimum atomic E-state index is -0.0600. The van der Waals surface area contributed by atoms with Gasteiger partial charge >= 0.3 is 0 Å². The Bertz CT molecular complexity index is 818. The SMILES string of the molecule is N=C(N)c1ccncc1Oc1ccc(OCc2ccccc2)cc1. The second-order valence-corrected chi connectivity index (χ2v) is 5.13. The van der Waals surface area contributed by atoms with Gasteiger partial charge in [-0.1, -0.05) is 30.3 Å². The second kappa shape index (κ2) is 7.28. The first-order valence-electron chi connectivity index (χ1n) is 7.45. The molecule has 24 heavy (non-hydrogen) atoms. The monoisotopic (exact) mass is 319 g/mol. The van der Waals surface area contributed by atoms with Crippen molar-refractivity contribution < 1.29 is 9.47 Å². The summed E-state index contributed by atoms with van der Waals surface area (Å²) in [7, 11) is 0. The molecule has 0 aliphatic carbocycles. The summed E-state index contributed by atoms with van der Waals surface area (Å²) in [5, 5.41) is 7.56. The Hall–Kier alpha value is -3.34. The lowest BCUT2D eigenvalue weighted by atomic mass is 10.2. The molecule has 1 heterocycles. The molecule has 2 aromatic carbocycles. The Morgan fingerprint density at radius 2 is 1.67 bits per heavy atom. The van der Waals surface area contributed by atoms with E-state index in [2.05, 4.69) is 4.98 Å². The normalized spacial score (nSPS) is 10.2. The lowest BCUT2D eigenvalue weighted by molar-refractivity contribution is 0.306. The summed E-state index contributed by atoms with van der Waals surface area (Å²) in [6.07, 6.45) is 3.11. The van der Waals surface area contributed by atoms with Crippen LogP contribution in [0, 0.1) is 5.41 Å². The minimum Gasteiger partial charge on any atom is -0.489 e. The number of nitrogens with two attached hydrogens (primary N) is 1. The molecule has 3 aromatic rings. The Morgan fingerprint density at radius 1 is 0.958 bits per heavy atom. The Morgan fingerprint density at radius 3 is 2.38 bits per heavy atom. The van der Waals surface area contributed by atoms with E-state index in [-0.39, 0.29) is 5.84 Å². The highest BCUT2D eigenvalue weighted by Crippen LogP contribution is 2.26. The summed E-state index contributed by atoms with van der Waals surface area (Å²) < 4.78 is 11.5. The van der Waals surface area contributed by atoms with Crippen molar-refractivity contribution in [3.63, 3.8) is 0 Å². The van der Waals surface area contributed by atoms with Crippen molar-refractivity contribution in [2.24, 2.45) is 5.73 Å². The smallest absolute Gasteiger partial charge is 0.156 e. The number of rotatable bonds is 6. The minimum absolute atomic E-state index is 0.0600. The first kappa shape index (κ1) is 15.6. The van der Waals surface area contributed by atoms with E-state index in [4.69, 9.17) is 20.6 Å². The fraction of sp³-hybridized carbons (Fsp3) is 0.0526. The fourth-order valence-electron chi connectivity index (χ4n) is 2.16. The maximum atomic E-state index is 7.56. The number of nitrogen functional groups attached to an aromatic ring is 1. The second-order valence-electron chi connectivity index (χ2n) is 5.13. The van der Waals surface area contributed by atoms with Crippen LogP contribution < -0.4 is 15.2 Å². The van der Waals surface area contributed by atoms with Gasteiger partial charge in [0.15, 0.2) is 5.75 Å². The van der Waals surface area contributed by atoms with Gasteiger partial charge in [-0.05, 0) is 35.9 Å². The Balaban J connectivity index is 1.66. The summed E-state index contributed by atoms with van der Waals surface area (Å²) >= 11 is 0. The van der Waals surface area contributed by atoms with Crippen molar-refractivity contribution in [1.82, 2.24) is 4.98 Å². The molecule has 3 rings (SSSR count). The number of amidine groups is 1. The average Bonchev–Trinajstić information content (AvgIpc) is 2.62. The summed E-state index contributed by atoms with van der Waals surface area (Å²) in [5.41, 5.74) is 7.16. The number of benzene rings is 2. The topological polar surface area (TPSA) is 81.2 Å². The third-order valence-corrected chi connectivity index (χ3v) is 3.37. The molecule has 0 saturated heterocycles. The van der Waals surface area contributed by atoms with Crippen LogP contribution in [0.3, 0.4) is 0 Å². The quantitative estimate of drug-likeness (QED) is 0.536. The first-order valence-corrected chi connectivity index (χ1v) is 7.45. The molecule has 120 valence electrons. The number of aromatic nitrogens is 1. The van der Waals surface area contributed by atoms with Crippen molar-refractivity contribution >= 4 is 5.84 Å². The molecule has 0 aliphatic heterocycles. The van der Waals surface area contributed by atoms with Crippen molar-refractivity contribution in [3.05, 3.63) is 84.2 Å². The van der Waals surface area contributed by atoms with Gasteiger partial charge in [-0.3, -0.25) is 10.4 Å². The maximum Gasteiger partial charge on any atom is 0.156 e. The molecule has 5 nitrogen and oxygen atoms in total. The van der Waals surface area contributed by atoms with Crippen molar-refractivity contribution in [1.29, 1.82) is 5.41 Å². The summed E-state index contributed by atoms with van der Waals surface area (Å²) in [6.45, 7) is 0.512. The molecule has 5 heteroatoms. The van der Waals surface area contributed by atoms with Gasteiger partial charge in [0.2, 0.25) is 0 Å². The molecule has 0 fully saturated rings. The molecule has 0 unspecified atom stereocenters. The highest BCUT2D eigenvalue weighted by atomic mass is 16.5. The number of pyridine rings is 1. The van der Waals surface area contributed by atoms with Crippen LogP contribution in [-0.2, 0) is 6.61 Å². The molecule has 0 atom stereocenters. The van der Waals surface area contributed by atoms with Gasteiger partial charge in [0.1, 0.15) is 23.9 Å². The summed E-state index contributed by atoms with van der Waals surface area (Å²) in [4.78, 5) is 4.00. The van der Waals surface area contributed by atoms with Gasteiger partial charge in [-0.25, -0.2) is 0 Å². The number of ether oxygens (including phenoxy) is 2. The predicted octanol–water partition coefficient (Wildman–Crippen LogP) is 3.74. The van der Waals surface area contributed by atoms with Gasteiger partial charge in [-0.2, -0.15) is 0 Å². The number of nitrogens with zero attached hydrogens (tertiary/aromatic N) is 1. The molecule has 1 aromatic heterocycles. The molecular formula is C19H17N3O2. The van der Waals surface area contributed by atoms with Crippen molar-refractivity contribution in [3.8, 4) is 17.2 Å². The van der Waals surface area contributed by atoms with Crippen LogP contribution in [0.25, 0.3) is 0 Å². The van der Waals surface area contributed by atoms with Crippen molar-refractivity contribution in [2.75, 3.05) is 0 Å². The van der Waals surface area contributed by atoms with Crippen LogP contribution in [0.15, 0.2) is 73.1 Å². The van der Waals surface area contributed by atoms with Crippen molar-refractivity contribution in [2.45, 2.75) is 6.61 Å². The van der Waals surface area contributed by atoms with Gasteiger partial charge in [-0.15, -0.1) is 0 Å². The molecule has 0 radical (unpaired) electrons. The Labute approximate surface area is 140 Å². The molecular weight excluding hydrogens is 302 g/mol. The highest BCUT2D eigenvalue weighted by molar-refractivity contribution is 5.97. The van der Waals surface area contributed by atoms with E-state index in [0.717, 1.165) is 11.3 Å². The largest absolute Gasteiger partial charge is 0.489 e. The highest BCUT2D eigenvalue weighted by Gasteiger charge is 2.07. The third kappa shape index (κ3) is 3.89. The number of nitrogens with one attached hydrogen (secondary N) is 1. The van der Waals surface area contributed by atoms with Crippen LogP contribution in [0.2, 0.25) is 0 Å². The summed E-state index contributed by atoms with van der Waals surface area (Å²) in [6, 6.07) is 18.9. The maximum absolute atomic E-state index is 7.56. The van der Waals surface area contributed by atoms with E-state index < -0.39 is 0 Å². The predicted molar refractivity (Wildman–Crippen MR) is 92.5 cm³/mol. The van der Waals surface area contributed by atoms with Crippen LogP contribution in [0.1, 0.15) is 11.1 Å². The molecule has 0 bridgehead atoms. The van der Waals surface area contributed by atoms with E-state index >= 15 is 0 Å². The van der Waals surface area contributed by atoms with E-state index in [1.165, 1.54) is 6.20 Å². The molecule has 0 amide bonds. The van der Waals surface area contributed by atoms with Gasteiger partial charge in [0, 0.05) is 6.20 Å². The standard InChI is InChI=1S/C19H17N3O2/c20-19(21)17-10-11-22-12-18(17)24-16-8-6-15(7-9-16)23-13-14-4-2-1-3-5-14/h1-12H,13H2,(H3,20,21). The van der Waals surface area contributed by atoms with Crippen LogP contribution in [-0.4, -0.2) is 10.8 Å². The summed E-state index contributed by atoms with van der Waals surface area (Å²) in [5.74, 6) is 1.76. The zero-order chi connectivity index (χ0) is 16.8. The number of hydrogen-bond donors (Lipinski definition) is 2. The molecule has 0 aliphatic rings. The Kier molecular flexibility index (Phi) is 4.72. The molecule has 3 N–H and O–H groups in total. The van der Waals surface area contributed by atoms with Gasteiger partial charge in [0.05, 0.1) is 11.8 Å². The lowest BCUT2D eigenvalue weighted by Gasteiger charge is -2.10.